The fourth-order valence-electron chi connectivity index (χ4n) is 4.81. The first-order valence-corrected chi connectivity index (χ1v) is 10.9. The Labute approximate surface area is 168 Å². The van der Waals surface area contributed by atoms with E-state index in [2.05, 4.69) is 52.4 Å². The van der Waals surface area contributed by atoms with Crippen molar-refractivity contribution in [2.75, 3.05) is 39.3 Å². The van der Waals surface area contributed by atoms with E-state index in [0.29, 0.717) is 18.5 Å². The van der Waals surface area contributed by atoms with Crippen LogP contribution < -0.4 is 5.32 Å². The molecular formula is C22H34N4O2. The van der Waals surface area contributed by atoms with Gasteiger partial charge in [0.05, 0.1) is 24.9 Å². The van der Waals surface area contributed by atoms with Gasteiger partial charge < -0.3 is 20.1 Å². The first-order valence-electron chi connectivity index (χ1n) is 10.9. The molecule has 1 aromatic rings. The van der Waals surface area contributed by atoms with Crippen LogP contribution >= 0.6 is 0 Å². The molecule has 0 radical (unpaired) electrons. The van der Waals surface area contributed by atoms with E-state index in [0.717, 1.165) is 64.6 Å². The van der Waals surface area contributed by atoms with Crippen LogP contribution in [0.15, 0.2) is 35.3 Å². The number of benzene rings is 1. The molecule has 6 nitrogen and oxygen atoms in total. The number of aliphatic hydroxyl groups is 1. The largest absolute Gasteiger partial charge is 0.393 e. The van der Waals surface area contributed by atoms with Gasteiger partial charge in [0.2, 0.25) is 0 Å². The number of fused-ring (bicyclic) bond motifs is 1. The number of hydrogen-bond acceptors (Lipinski definition) is 4. The van der Waals surface area contributed by atoms with Gasteiger partial charge in [-0.25, -0.2) is 0 Å². The van der Waals surface area contributed by atoms with Crippen LogP contribution in [0.1, 0.15) is 31.7 Å². The molecule has 0 bridgehead atoms. The molecule has 154 valence electrons. The van der Waals surface area contributed by atoms with Crippen LogP contribution in [0.5, 0.6) is 0 Å². The number of ether oxygens (including phenoxy) is 1. The lowest BCUT2D eigenvalue weighted by Crippen LogP contribution is -2.50. The Morgan fingerprint density at radius 2 is 2.11 bits per heavy atom. The van der Waals surface area contributed by atoms with Crippen LogP contribution in [0.3, 0.4) is 0 Å². The maximum atomic E-state index is 10.1. The smallest absolute Gasteiger partial charge is 0.194 e. The number of aliphatic hydroxyl groups excluding tert-OH is 1. The van der Waals surface area contributed by atoms with Crippen molar-refractivity contribution in [1.82, 2.24) is 15.1 Å². The van der Waals surface area contributed by atoms with Crippen LogP contribution in [0.4, 0.5) is 0 Å². The van der Waals surface area contributed by atoms with Gasteiger partial charge >= 0.3 is 0 Å². The topological polar surface area (TPSA) is 60.3 Å². The average molecular weight is 387 g/mol. The molecule has 6 heteroatoms. The molecule has 28 heavy (non-hydrogen) atoms. The van der Waals surface area contributed by atoms with Gasteiger partial charge in [-0.2, -0.15) is 0 Å². The minimum atomic E-state index is -0.183. The summed E-state index contributed by atoms with van der Waals surface area (Å²) < 4.78 is 6.12. The maximum absolute atomic E-state index is 10.1. The highest BCUT2D eigenvalue weighted by Crippen LogP contribution is 2.27. The summed E-state index contributed by atoms with van der Waals surface area (Å²) in [6.45, 7) is 8.25. The first-order chi connectivity index (χ1) is 13.7. The second-order valence-electron chi connectivity index (χ2n) is 8.29. The molecule has 2 N–H and O–H groups in total. The molecule has 1 aromatic carbocycles. The fraction of sp³-hybridized carbons (Fsp3) is 0.682. The Balaban J connectivity index is 1.42. The van der Waals surface area contributed by atoms with Gasteiger partial charge in [0.1, 0.15) is 0 Å². The second kappa shape index (κ2) is 9.25. The van der Waals surface area contributed by atoms with Crippen LogP contribution in [-0.2, 0) is 11.3 Å². The lowest BCUT2D eigenvalue weighted by Gasteiger charge is -2.36. The Bertz CT molecular complexity index is 653. The molecule has 0 spiro atoms. The molecule has 3 aliphatic rings. The zero-order valence-electron chi connectivity index (χ0n) is 17.0. The van der Waals surface area contributed by atoms with E-state index in [9.17, 15) is 5.11 Å². The summed E-state index contributed by atoms with van der Waals surface area (Å²) in [5.74, 6) is 1.28. The van der Waals surface area contributed by atoms with E-state index >= 15 is 0 Å². The highest BCUT2D eigenvalue weighted by Gasteiger charge is 2.41. The molecule has 2 aliphatic heterocycles. The van der Waals surface area contributed by atoms with Crippen molar-refractivity contribution in [3.8, 4) is 0 Å². The number of rotatable bonds is 5. The van der Waals surface area contributed by atoms with Gasteiger partial charge in [-0.15, -0.1) is 0 Å². The number of aliphatic imine (C=N–C) groups is 1. The molecular weight excluding hydrogens is 352 g/mol. The number of guanidine groups is 1. The zero-order chi connectivity index (χ0) is 19.3. The zero-order valence-corrected chi connectivity index (χ0v) is 17.0. The van der Waals surface area contributed by atoms with Crippen LogP contribution in [0.25, 0.3) is 0 Å². The summed E-state index contributed by atoms with van der Waals surface area (Å²) in [5.41, 5.74) is 1.36. The van der Waals surface area contributed by atoms with Crippen molar-refractivity contribution in [2.24, 2.45) is 10.9 Å². The molecule has 0 amide bonds. The third kappa shape index (κ3) is 4.50. The Kier molecular flexibility index (Phi) is 6.50. The molecule has 3 fully saturated rings. The van der Waals surface area contributed by atoms with E-state index in [-0.39, 0.29) is 12.2 Å². The van der Waals surface area contributed by atoms with Crippen LogP contribution in [-0.4, -0.2) is 78.4 Å². The highest BCUT2D eigenvalue weighted by atomic mass is 16.5. The normalized spacial score (nSPS) is 31.2. The van der Waals surface area contributed by atoms with Gasteiger partial charge in [-0.05, 0) is 25.3 Å². The molecule has 4 rings (SSSR count). The van der Waals surface area contributed by atoms with E-state index < -0.39 is 0 Å². The third-order valence-corrected chi connectivity index (χ3v) is 6.37. The maximum Gasteiger partial charge on any atom is 0.194 e. The summed E-state index contributed by atoms with van der Waals surface area (Å²) >= 11 is 0. The molecule has 0 aromatic heterocycles. The van der Waals surface area contributed by atoms with Crippen LogP contribution in [0, 0.1) is 5.92 Å². The van der Waals surface area contributed by atoms with Gasteiger partial charge in [0.25, 0.3) is 0 Å². The standard InChI is InChI=1S/C22H34N4O2/c1-2-23-22(24-13-18-9-6-10-20(18)27)26-15-19-21(16-26)28-12-11-25(19)14-17-7-4-3-5-8-17/h3-5,7-8,18-21,27H,2,6,9-16H2,1H3,(H,23,24). The molecule has 2 saturated heterocycles. The number of nitrogens with one attached hydrogen (secondary N) is 1. The van der Waals surface area contributed by atoms with Crippen molar-refractivity contribution in [1.29, 1.82) is 0 Å². The van der Waals surface area contributed by atoms with E-state index in [1.807, 2.05) is 0 Å². The van der Waals surface area contributed by atoms with Crippen molar-refractivity contribution < 1.29 is 9.84 Å². The quantitative estimate of drug-likeness (QED) is 0.596. The summed E-state index contributed by atoms with van der Waals surface area (Å²) in [4.78, 5) is 9.81. The Hall–Kier alpha value is -1.63. The van der Waals surface area contributed by atoms with E-state index in [1.54, 1.807) is 0 Å². The minimum Gasteiger partial charge on any atom is -0.393 e. The van der Waals surface area contributed by atoms with E-state index in [1.165, 1.54) is 5.56 Å². The highest BCUT2D eigenvalue weighted by molar-refractivity contribution is 5.80. The fourth-order valence-corrected chi connectivity index (χ4v) is 4.81. The summed E-state index contributed by atoms with van der Waals surface area (Å²) in [5, 5.41) is 13.6. The first kappa shape index (κ1) is 19.7. The Morgan fingerprint density at radius 3 is 2.86 bits per heavy atom. The van der Waals surface area contributed by atoms with Crippen molar-refractivity contribution >= 4 is 5.96 Å². The third-order valence-electron chi connectivity index (χ3n) is 6.37. The van der Waals surface area contributed by atoms with Crippen molar-refractivity contribution in [3.05, 3.63) is 35.9 Å². The number of nitrogens with zero attached hydrogens (tertiary/aromatic N) is 3. The lowest BCUT2D eigenvalue weighted by molar-refractivity contribution is -0.0502. The van der Waals surface area contributed by atoms with Gasteiger partial charge in [-0.3, -0.25) is 9.89 Å². The Morgan fingerprint density at radius 1 is 1.25 bits per heavy atom. The molecule has 1 saturated carbocycles. The lowest BCUT2D eigenvalue weighted by atomic mass is 10.1. The SMILES string of the molecule is CCNC(=NCC1CCCC1O)N1CC2OCCN(Cc3ccccc3)C2C1. The van der Waals surface area contributed by atoms with Crippen LogP contribution in [0.2, 0.25) is 0 Å². The second-order valence-corrected chi connectivity index (χ2v) is 8.29. The van der Waals surface area contributed by atoms with Crippen molar-refractivity contribution in [2.45, 2.75) is 51.0 Å². The summed E-state index contributed by atoms with van der Waals surface area (Å²) in [6, 6.07) is 11.1. The summed E-state index contributed by atoms with van der Waals surface area (Å²) in [7, 11) is 0. The predicted octanol–water partition coefficient (Wildman–Crippen LogP) is 1.70. The number of hydrogen-bond donors (Lipinski definition) is 2. The average Bonchev–Trinajstić information content (AvgIpc) is 3.33. The van der Waals surface area contributed by atoms with E-state index in [4.69, 9.17) is 9.73 Å². The van der Waals surface area contributed by atoms with Gasteiger partial charge in [0.15, 0.2) is 5.96 Å². The number of morpholine rings is 1. The van der Waals surface area contributed by atoms with Crippen molar-refractivity contribution in [3.63, 3.8) is 0 Å². The molecule has 1 aliphatic carbocycles. The summed E-state index contributed by atoms with van der Waals surface area (Å²) in [6.07, 6.45) is 3.18. The van der Waals surface area contributed by atoms with Gasteiger partial charge in [-0.1, -0.05) is 36.8 Å². The minimum absolute atomic E-state index is 0.183. The number of likely N-dealkylation sites (tertiary alicyclic amines) is 1. The predicted molar refractivity (Wildman–Crippen MR) is 111 cm³/mol. The molecule has 4 unspecified atom stereocenters. The molecule has 2 heterocycles. The monoisotopic (exact) mass is 386 g/mol. The van der Waals surface area contributed by atoms with Gasteiger partial charge in [0, 0.05) is 45.2 Å². The molecule has 4 atom stereocenters.